The lowest BCUT2D eigenvalue weighted by Gasteiger charge is -2.23. The van der Waals surface area contributed by atoms with Gasteiger partial charge in [0.05, 0.1) is 23.4 Å². The summed E-state index contributed by atoms with van der Waals surface area (Å²) in [5, 5.41) is 3.32. The lowest BCUT2D eigenvalue weighted by molar-refractivity contribution is 0.0742. The molecule has 7 heteroatoms. The number of carbonyl (C=O) groups excluding carboxylic acids is 1. The van der Waals surface area contributed by atoms with Crippen molar-refractivity contribution in [2.75, 3.05) is 23.9 Å². The van der Waals surface area contributed by atoms with Crippen LogP contribution in [0.5, 0.6) is 0 Å². The van der Waals surface area contributed by atoms with Gasteiger partial charge in [-0.1, -0.05) is 25.1 Å². The van der Waals surface area contributed by atoms with E-state index in [-0.39, 0.29) is 23.5 Å². The van der Waals surface area contributed by atoms with E-state index in [9.17, 15) is 13.2 Å². The van der Waals surface area contributed by atoms with Crippen LogP contribution < -0.4 is 5.32 Å². The first-order chi connectivity index (χ1) is 12.4. The summed E-state index contributed by atoms with van der Waals surface area (Å²) in [5.74, 6) is -0.0851. The van der Waals surface area contributed by atoms with Crippen molar-refractivity contribution in [3.63, 3.8) is 0 Å². The van der Waals surface area contributed by atoms with E-state index in [4.69, 9.17) is 0 Å². The standard InChI is InChI=1S/C19H23N3O3S/c1-3-14-6-4-5-7-17(14)21-15-8-9-18(20-12-15)19(23)22(2)16-10-11-26(24,25)13-16/h4-9,12,16,21H,3,10-11,13H2,1-2H3. The number of rotatable bonds is 5. The van der Waals surface area contributed by atoms with Gasteiger partial charge in [0.25, 0.3) is 5.91 Å². The number of carbonyl (C=O) groups is 1. The molecule has 0 bridgehead atoms. The number of benzene rings is 1. The second kappa shape index (κ2) is 7.45. The molecule has 2 heterocycles. The number of hydrogen-bond donors (Lipinski definition) is 1. The molecular formula is C19H23N3O3S. The van der Waals surface area contributed by atoms with E-state index < -0.39 is 9.84 Å². The number of aryl methyl sites for hydroxylation is 1. The summed E-state index contributed by atoms with van der Waals surface area (Å²) in [6, 6.07) is 11.2. The van der Waals surface area contributed by atoms with Crippen molar-refractivity contribution in [2.45, 2.75) is 25.8 Å². The van der Waals surface area contributed by atoms with E-state index in [1.807, 2.05) is 24.3 Å². The molecule has 0 spiro atoms. The van der Waals surface area contributed by atoms with E-state index >= 15 is 0 Å². The summed E-state index contributed by atoms with van der Waals surface area (Å²) in [4.78, 5) is 18.3. The topological polar surface area (TPSA) is 79.4 Å². The number of sulfone groups is 1. The van der Waals surface area contributed by atoms with Crippen molar-refractivity contribution < 1.29 is 13.2 Å². The number of aromatic nitrogens is 1. The molecule has 0 radical (unpaired) electrons. The van der Waals surface area contributed by atoms with Gasteiger partial charge in [-0.3, -0.25) is 4.79 Å². The van der Waals surface area contributed by atoms with Crippen molar-refractivity contribution >= 4 is 27.1 Å². The Bertz CT molecular complexity index is 895. The maximum Gasteiger partial charge on any atom is 0.272 e. The van der Waals surface area contributed by atoms with Gasteiger partial charge in [0, 0.05) is 18.8 Å². The first-order valence-electron chi connectivity index (χ1n) is 8.68. The van der Waals surface area contributed by atoms with Crippen LogP contribution in [0.25, 0.3) is 0 Å². The fourth-order valence-corrected chi connectivity index (χ4v) is 4.90. The molecule has 0 saturated carbocycles. The highest BCUT2D eigenvalue weighted by molar-refractivity contribution is 7.91. The van der Waals surface area contributed by atoms with Gasteiger partial charge in [0.15, 0.2) is 9.84 Å². The van der Waals surface area contributed by atoms with E-state index in [1.54, 1.807) is 19.3 Å². The monoisotopic (exact) mass is 373 g/mol. The molecule has 0 aliphatic carbocycles. The van der Waals surface area contributed by atoms with E-state index in [2.05, 4.69) is 23.3 Å². The molecule has 2 aromatic rings. The molecule has 1 aromatic heterocycles. The van der Waals surface area contributed by atoms with Crippen LogP contribution in [0.3, 0.4) is 0 Å². The average Bonchev–Trinajstić information content (AvgIpc) is 3.01. The molecule has 1 fully saturated rings. The Kier molecular flexibility index (Phi) is 5.27. The van der Waals surface area contributed by atoms with Crippen LogP contribution in [0.1, 0.15) is 29.4 Å². The van der Waals surface area contributed by atoms with Crippen molar-refractivity contribution in [1.29, 1.82) is 0 Å². The minimum atomic E-state index is -3.03. The van der Waals surface area contributed by atoms with Crippen molar-refractivity contribution in [3.8, 4) is 0 Å². The zero-order chi connectivity index (χ0) is 18.7. The second-order valence-electron chi connectivity index (χ2n) is 6.54. The van der Waals surface area contributed by atoms with Crippen molar-refractivity contribution in [1.82, 2.24) is 9.88 Å². The fraction of sp³-hybridized carbons (Fsp3) is 0.368. The van der Waals surface area contributed by atoms with Crippen LogP contribution >= 0.6 is 0 Å². The van der Waals surface area contributed by atoms with Crippen LogP contribution in [0.4, 0.5) is 11.4 Å². The summed E-state index contributed by atoms with van der Waals surface area (Å²) in [6.07, 6.45) is 3.03. The summed E-state index contributed by atoms with van der Waals surface area (Å²) >= 11 is 0. The smallest absolute Gasteiger partial charge is 0.272 e. The van der Waals surface area contributed by atoms with Gasteiger partial charge in [-0.15, -0.1) is 0 Å². The SMILES string of the molecule is CCc1ccccc1Nc1ccc(C(=O)N(C)C2CCS(=O)(=O)C2)nc1. The highest BCUT2D eigenvalue weighted by atomic mass is 32.2. The summed E-state index contributed by atoms with van der Waals surface area (Å²) in [7, 11) is -1.39. The Morgan fingerprint density at radius 2 is 2.04 bits per heavy atom. The number of hydrogen-bond acceptors (Lipinski definition) is 5. The lowest BCUT2D eigenvalue weighted by Crippen LogP contribution is -2.38. The number of amides is 1. The van der Waals surface area contributed by atoms with Gasteiger partial charge in [-0.25, -0.2) is 13.4 Å². The number of anilines is 2. The third kappa shape index (κ3) is 4.04. The third-order valence-corrected chi connectivity index (χ3v) is 6.49. The predicted octanol–water partition coefficient (Wildman–Crippen LogP) is 2.65. The minimum absolute atomic E-state index is 0.0304. The number of nitrogens with zero attached hydrogens (tertiary/aromatic N) is 2. The molecule has 6 nitrogen and oxygen atoms in total. The third-order valence-electron chi connectivity index (χ3n) is 4.74. The number of nitrogens with one attached hydrogen (secondary N) is 1. The molecule has 1 aromatic carbocycles. The largest absolute Gasteiger partial charge is 0.354 e. The highest BCUT2D eigenvalue weighted by Gasteiger charge is 2.33. The zero-order valence-corrected chi connectivity index (χ0v) is 15.8. The van der Waals surface area contributed by atoms with Gasteiger partial charge in [0.1, 0.15) is 5.69 Å². The molecule has 1 aliphatic rings. The Balaban J connectivity index is 1.70. The zero-order valence-electron chi connectivity index (χ0n) is 15.0. The summed E-state index contributed by atoms with van der Waals surface area (Å²) in [6.45, 7) is 2.10. The van der Waals surface area contributed by atoms with Gasteiger partial charge in [0.2, 0.25) is 0 Å². The van der Waals surface area contributed by atoms with Gasteiger partial charge >= 0.3 is 0 Å². The van der Waals surface area contributed by atoms with Gasteiger partial charge < -0.3 is 10.2 Å². The Morgan fingerprint density at radius 3 is 2.65 bits per heavy atom. The second-order valence-corrected chi connectivity index (χ2v) is 8.77. The van der Waals surface area contributed by atoms with Gasteiger partial charge in [-0.2, -0.15) is 0 Å². The first kappa shape index (κ1) is 18.4. The predicted molar refractivity (Wildman–Crippen MR) is 102 cm³/mol. The Morgan fingerprint density at radius 1 is 1.27 bits per heavy atom. The molecule has 138 valence electrons. The molecule has 1 amide bonds. The minimum Gasteiger partial charge on any atom is -0.354 e. The van der Waals surface area contributed by atoms with Crippen LogP contribution in [0, 0.1) is 0 Å². The molecule has 1 saturated heterocycles. The quantitative estimate of drug-likeness (QED) is 0.872. The number of pyridine rings is 1. The molecule has 1 unspecified atom stereocenters. The van der Waals surface area contributed by atoms with Crippen molar-refractivity contribution in [2.24, 2.45) is 0 Å². The maximum atomic E-state index is 12.6. The first-order valence-corrected chi connectivity index (χ1v) is 10.5. The summed E-state index contributed by atoms with van der Waals surface area (Å²) < 4.78 is 23.2. The Hall–Kier alpha value is -2.41. The summed E-state index contributed by atoms with van der Waals surface area (Å²) in [5.41, 5.74) is 3.33. The van der Waals surface area contributed by atoms with E-state index in [0.29, 0.717) is 12.1 Å². The van der Waals surface area contributed by atoms with E-state index in [1.165, 1.54) is 10.5 Å². The molecular weight excluding hydrogens is 350 g/mol. The van der Waals surface area contributed by atoms with Crippen LogP contribution in [0.15, 0.2) is 42.6 Å². The van der Waals surface area contributed by atoms with E-state index in [0.717, 1.165) is 17.8 Å². The molecule has 1 N–H and O–H groups in total. The highest BCUT2D eigenvalue weighted by Crippen LogP contribution is 2.22. The molecule has 1 aliphatic heterocycles. The van der Waals surface area contributed by atoms with Crippen molar-refractivity contribution in [3.05, 3.63) is 53.9 Å². The number of para-hydroxylation sites is 1. The average molecular weight is 373 g/mol. The molecule has 3 rings (SSSR count). The normalized spacial score (nSPS) is 18.5. The maximum absolute atomic E-state index is 12.6. The van der Waals surface area contributed by atoms with Crippen LogP contribution in [-0.2, 0) is 16.3 Å². The lowest BCUT2D eigenvalue weighted by atomic mass is 10.1. The van der Waals surface area contributed by atoms with Gasteiger partial charge in [-0.05, 0) is 36.6 Å². The molecule has 26 heavy (non-hydrogen) atoms. The Labute approximate surface area is 154 Å². The van der Waals surface area contributed by atoms with Crippen LogP contribution in [0.2, 0.25) is 0 Å². The molecule has 1 atom stereocenters. The van der Waals surface area contributed by atoms with Crippen LogP contribution in [-0.4, -0.2) is 48.8 Å². The fourth-order valence-electron chi connectivity index (χ4n) is 3.13.